The number of carbonyl (C=O) groups excluding carboxylic acids is 2. The smallest absolute Gasteiger partial charge is 0.212 e. The quantitative estimate of drug-likeness (QED) is 0.185. The molecule has 0 amide bonds. The van der Waals surface area contributed by atoms with Crippen molar-refractivity contribution in [3.05, 3.63) is 130 Å². The third-order valence-electron chi connectivity index (χ3n) is 7.77. The number of rotatable bonds is 8. The molecule has 6 aromatic rings. The summed E-state index contributed by atoms with van der Waals surface area (Å²) in [4.78, 5) is 31.8. The molecule has 4 aromatic carbocycles. The van der Waals surface area contributed by atoms with Crippen molar-refractivity contribution in [2.75, 3.05) is 0 Å². The Bertz CT molecular complexity index is 2430. The first-order chi connectivity index (χ1) is 22.9. The van der Waals surface area contributed by atoms with Gasteiger partial charge in [-0.1, -0.05) is 96.0 Å². The molecule has 2 N–H and O–H groups in total. The fourth-order valence-electron chi connectivity index (χ4n) is 5.76. The minimum Gasteiger partial charge on any atom is -0.353 e. The molecule has 0 saturated heterocycles. The molecule has 0 radical (unpaired) electrons. The van der Waals surface area contributed by atoms with Gasteiger partial charge in [-0.15, -0.1) is 0 Å². The summed E-state index contributed by atoms with van der Waals surface area (Å²) < 4.78 is 57.0. The summed E-state index contributed by atoms with van der Waals surface area (Å²) in [5.74, 6) is -1.57. The summed E-state index contributed by atoms with van der Waals surface area (Å²) in [7, 11) is -8.94. The number of halogens is 2. The predicted octanol–water partition coefficient (Wildman–Crippen LogP) is 6.48. The van der Waals surface area contributed by atoms with Gasteiger partial charge < -0.3 is 9.97 Å². The van der Waals surface area contributed by atoms with Gasteiger partial charge in [0, 0.05) is 31.9 Å². The number of sulfone groups is 2. The Morgan fingerprint density at radius 2 is 0.812 bits per heavy atom. The second-order valence-corrected chi connectivity index (χ2v) is 15.5. The molecule has 0 aliphatic heterocycles. The third kappa shape index (κ3) is 5.60. The highest BCUT2D eigenvalue weighted by Crippen LogP contribution is 2.37. The Kier molecular flexibility index (Phi) is 8.78. The number of H-pyrrole nitrogens is 2. The Morgan fingerprint density at radius 3 is 1.12 bits per heavy atom. The van der Waals surface area contributed by atoms with Crippen LogP contribution in [0.5, 0.6) is 0 Å². The monoisotopic (exact) mass is 716 g/mol. The second-order valence-electron chi connectivity index (χ2n) is 10.9. The molecule has 0 saturated carbocycles. The van der Waals surface area contributed by atoms with Gasteiger partial charge in [-0.2, -0.15) is 0 Å². The highest BCUT2D eigenvalue weighted by molar-refractivity contribution is 8.02. The zero-order chi connectivity index (χ0) is 34.4. The van der Waals surface area contributed by atoms with Crippen LogP contribution in [-0.2, 0) is 29.3 Å². The lowest BCUT2D eigenvalue weighted by Gasteiger charge is -2.08. The van der Waals surface area contributed by atoms with Gasteiger partial charge in [-0.3, -0.25) is 9.59 Å². The van der Waals surface area contributed by atoms with Crippen molar-refractivity contribution in [2.24, 2.45) is 0 Å². The van der Waals surface area contributed by atoms with Crippen LogP contribution in [0.25, 0.3) is 43.1 Å². The van der Waals surface area contributed by atoms with Gasteiger partial charge in [0.2, 0.25) is 19.7 Å². The molecule has 0 aliphatic rings. The van der Waals surface area contributed by atoms with Crippen molar-refractivity contribution in [3.8, 4) is 22.5 Å². The average molecular weight is 718 g/mol. The van der Waals surface area contributed by atoms with Gasteiger partial charge in [0.15, 0.2) is 11.6 Å². The van der Waals surface area contributed by atoms with Gasteiger partial charge in [-0.25, -0.2) is 16.8 Å². The first-order valence-electron chi connectivity index (χ1n) is 14.5. The van der Waals surface area contributed by atoms with Crippen LogP contribution in [0.3, 0.4) is 0 Å². The molecule has 6 rings (SSSR count). The number of fused-ring (bicyclic) bond motifs is 1. The van der Waals surface area contributed by atoms with Crippen LogP contribution in [0.2, 0.25) is 10.0 Å². The van der Waals surface area contributed by atoms with Crippen LogP contribution in [0.15, 0.2) is 119 Å². The van der Waals surface area contributed by atoms with Gasteiger partial charge in [0.05, 0.1) is 31.9 Å². The molecular weight excluding hydrogens is 691 g/mol. The maximum Gasteiger partial charge on any atom is 0.212 e. The molecule has 0 unspecified atom stereocenters. The Morgan fingerprint density at radius 1 is 0.500 bits per heavy atom. The minimum atomic E-state index is -4.47. The molecule has 0 bridgehead atoms. The first kappa shape index (κ1) is 33.2. The number of nitrogens with one attached hydrogen (secondary N) is 2. The van der Waals surface area contributed by atoms with E-state index < -0.39 is 41.1 Å². The summed E-state index contributed by atoms with van der Waals surface area (Å²) in [5.41, 5.74) is 1.08. The maximum absolute atomic E-state index is 14.2. The van der Waals surface area contributed by atoms with Gasteiger partial charge in [0.1, 0.15) is 9.81 Å². The SMILES string of the molecule is CC(=O)C(=c1[nH]c(-c2ccccc2Cl)c2c(=C(C(C)=O)S(=O)(=O)c3ccccc3)[nH]c(-c3ccccc3Cl)c12)S(=O)(=O)c1ccccc1. The van der Waals surface area contributed by atoms with Gasteiger partial charge in [0.25, 0.3) is 0 Å². The molecule has 48 heavy (non-hydrogen) atoms. The summed E-state index contributed by atoms with van der Waals surface area (Å²) in [5, 5.41) is 0.468. The van der Waals surface area contributed by atoms with E-state index in [1.165, 1.54) is 48.5 Å². The van der Waals surface area contributed by atoms with Crippen LogP contribution in [0.1, 0.15) is 13.8 Å². The van der Waals surface area contributed by atoms with E-state index in [0.717, 1.165) is 13.8 Å². The normalized spacial score (nSPS) is 13.3. The van der Waals surface area contributed by atoms with Crippen molar-refractivity contribution in [3.63, 3.8) is 0 Å². The second kappa shape index (κ2) is 12.7. The molecule has 0 spiro atoms. The maximum atomic E-state index is 14.2. The van der Waals surface area contributed by atoms with Gasteiger partial charge in [-0.05, 0) is 50.2 Å². The molecule has 242 valence electrons. The predicted molar refractivity (Wildman–Crippen MR) is 188 cm³/mol. The average Bonchev–Trinajstić information content (AvgIpc) is 3.61. The van der Waals surface area contributed by atoms with E-state index in [1.54, 1.807) is 60.7 Å². The lowest BCUT2D eigenvalue weighted by Crippen LogP contribution is -2.22. The minimum absolute atomic E-state index is 0.125. The van der Waals surface area contributed by atoms with E-state index in [9.17, 15) is 26.4 Å². The summed E-state index contributed by atoms with van der Waals surface area (Å²) in [6.07, 6.45) is 0. The van der Waals surface area contributed by atoms with E-state index in [4.69, 9.17) is 23.2 Å². The van der Waals surface area contributed by atoms with Crippen LogP contribution in [0.4, 0.5) is 0 Å². The topological polar surface area (TPSA) is 134 Å². The highest BCUT2D eigenvalue weighted by Gasteiger charge is 2.33. The lowest BCUT2D eigenvalue weighted by atomic mass is 10.1. The van der Waals surface area contributed by atoms with E-state index in [2.05, 4.69) is 9.97 Å². The number of carbonyl (C=O) groups is 2. The summed E-state index contributed by atoms with van der Waals surface area (Å²) in [6, 6.07) is 28.2. The first-order valence-corrected chi connectivity index (χ1v) is 18.2. The number of Topliss-reactive ketones (excluding diaryl/α,β-unsaturated/α-hetero) is 2. The fourth-order valence-corrected chi connectivity index (χ4v) is 9.32. The van der Waals surface area contributed by atoms with Crippen molar-refractivity contribution in [1.82, 2.24) is 9.97 Å². The van der Waals surface area contributed by atoms with Crippen LogP contribution < -0.4 is 10.7 Å². The van der Waals surface area contributed by atoms with Gasteiger partial charge >= 0.3 is 0 Å². The Labute approximate surface area is 286 Å². The molecule has 2 aromatic heterocycles. The number of aromatic nitrogens is 2. The third-order valence-corrected chi connectivity index (χ3v) is 12.3. The number of hydrogen-bond donors (Lipinski definition) is 2. The molecular formula is C36H26Cl2N2O6S2. The Hall–Kier alpha value is -4.74. The van der Waals surface area contributed by atoms with E-state index in [0.29, 0.717) is 11.1 Å². The van der Waals surface area contributed by atoms with Crippen molar-refractivity contribution in [2.45, 2.75) is 23.6 Å². The van der Waals surface area contributed by atoms with Crippen LogP contribution in [-0.4, -0.2) is 38.4 Å². The van der Waals surface area contributed by atoms with Crippen molar-refractivity contribution < 1.29 is 26.4 Å². The summed E-state index contributed by atoms with van der Waals surface area (Å²) >= 11 is 13.4. The fraction of sp³-hybridized carbons (Fsp3) is 0.0556. The lowest BCUT2D eigenvalue weighted by molar-refractivity contribution is -0.112. The Balaban J connectivity index is 1.98. The molecule has 0 atom stereocenters. The number of hydrogen-bond acceptors (Lipinski definition) is 6. The number of benzene rings is 4. The van der Waals surface area contributed by atoms with Crippen molar-refractivity contribution >= 4 is 75.0 Å². The van der Waals surface area contributed by atoms with E-state index in [1.807, 2.05) is 0 Å². The molecule has 8 nitrogen and oxygen atoms in total. The molecule has 0 aliphatic carbocycles. The van der Waals surface area contributed by atoms with Crippen LogP contribution >= 0.6 is 23.2 Å². The number of aromatic amines is 2. The molecule has 0 fully saturated rings. The highest BCUT2D eigenvalue weighted by atomic mass is 35.5. The largest absolute Gasteiger partial charge is 0.353 e. The zero-order valence-electron chi connectivity index (χ0n) is 25.4. The van der Waals surface area contributed by atoms with E-state index >= 15 is 0 Å². The van der Waals surface area contributed by atoms with Crippen LogP contribution in [0, 0.1) is 0 Å². The van der Waals surface area contributed by atoms with E-state index in [-0.39, 0.29) is 52.7 Å². The zero-order valence-corrected chi connectivity index (χ0v) is 28.6. The molecule has 12 heteroatoms. The standard InChI is InChI=1S/C36H26Cl2N2O6S2/c1-21(41)35(47(43,44)23-13-5-3-6-14-23)33-29-30(32(39-33)26-18-10-12-20-28(26)38)34(40-31(29)25-17-9-11-19-27(25)37)36(22(2)42)48(45,46)24-15-7-4-8-16-24/h3-20,39-40H,1-2H3. The van der Waals surface area contributed by atoms with Crippen molar-refractivity contribution in [1.29, 1.82) is 0 Å². The number of ketones is 2. The molecule has 2 heterocycles. The summed E-state index contributed by atoms with van der Waals surface area (Å²) in [6.45, 7) is 2.26.